The quantitative estimate of drug-likeness (QED) is 0.810. The third-order valence-corrected chi connectivity index (χ3v) is 3.96. The molecule has 1 unspecified atom stereocenters. The smallest absolute Gasteiger partial charge is 0.0576 e. The number of ether oxygens (including phenoxy) is 1. The van der Waals surface area contributed by atoms with Gasteiger partial charge in [-0.15, -0.1) is 0 Å². The number of rotatable bonds is 6. The molecule has 0 radical (unpaired) electrons. The fraction of sp³-hybridized carbons (Fsp3) is 0.600. The van der Waals surface area contributed by atoms with Crippen molar-refractivity contribution in [2.24, 2.45) is 0 Å². The van der Waals surface area contributed by atoms with Crippen LogP contribution >= 0.6 is 0 Å². The summed E-state index contributed by atoms with van der Waals surface area (Å²) in [5.41, 5.74) is 0.473. The average Bonchev–Trinajstić information content (AvgIpc) is 2.95. The largest absolute Gasteiger partial charge is 0.395 e. The lowest BCUT2D eigenvalue weighted by Gasteiger charge is -2.31. The van der Waals surface area contributed by atoms with Crippen LogP contribution in [-0.4, -0.2) is 36.1 Å². The second-order valence-corrected chi connectivity index (χ2v) is 5.14. The molecule has 0 amide bonds. The Morgan fingerprint density at radius 3 is 2.44 bits per heavy atom. The Bertz CT molecular complexity index is 340. The van der Waals surface area contributed by atoms with Gasteiger partial charge in [0.15, 0.2) is 0 Å². The maximum absolute atomic E-state index is 9.70. The minimum absolute atomic E-state index is 0.0275. The molecule has 1 fully saturated rings. The maximum atomic E-state index is 9.70. The Morgan fingerprint density at radius 2 is 1.89 bits per heavy atom. The zero-order valence-electron chi connectivity index (χ0n) is 10.7. The van der Waals surface area contributed by atoms with E-state index in [1.165, 1.54) is 0 Å². The summed E-state index contributed by atoms with van der Waals surface area (Å²) in [7, 11) is 0. The van der Waals surface area contributed by atoms with Crippen molar-refractivity contribution in [2.75, 3.05) is 19.8 Å². The van der Waals surface area contributed by atoms with E-state index in [0.717, 1.165) is 37.9 Å². The molecule has 0 spiro atoms. The van der Waals surface area contributed by atoms with E-state index >= 15 is 0 Å². The van der Waals surface area contributed by atoms with E-state index in [-0.39, 0.29) is 13.2 Å². The number of hydrogen-bond donors (Lipinski definition) is 2. The van der Waals surface area contributed by atoms with Gasteiger partial charge in [-0.2, -0.15) is 0 Å². The van der Waals surface area contributed by atoms with Gasteiger partial charge in [0.2, 0.25) is 0 Å². The Hall–Kier alpha value is -0.900. The van der Waals surface area contributed by atoms with Gasteiger partial charge >= 0.3 is 0 Å². The van der Waals surface area contributed by atoms with Crippen LogP contribution in [0.3, 0.4) is 0 Å². The van der Waals surface area contributed by atoms with Gasteiger partial charge in [-0.25, -0.2) is 0 Å². The summed E-state index contributed by atoms with van der Waals surface area (Å²) in [6.45, 7) is 0.793. The maximum Gasteiger partial charge on any atom is 0.0576 e. The van der Waals surface area contributed by atoms with E-state index in [1.54, 1.807) is 0 Å². The molecule has 0 aromatic heterocycles. The molecule has 1 saturated heterocycles. The standard InChI is InChI=1S/C15H22O3/c16-11-15(12-17,13-5-2-1-3-6-13)9-8-14-7-4-10-18-14/h1-3,5-6,14,16-17H,4,7-12H2. The van der Waals surface area contributed by atoms with Gasteiger partial charge < -0.3 is 14.9 Å². The first-order valence-electron chi connectivity index (χ1n) is 6.69. The van der Waals surface area contributed by atoms with Gasteiger partial charge in [-0.1, -0.05) is 30.3 Å². The lowest BCUT2D eigenvalue weighted by atomic mass is 9.77. The lowest BCUT2D eigenvalue weighted by molar-refractivity contribution is 0.0684. The Kier molecular flexibility index (Phi) is 4.75. The van der Waals surface area contributed by atoms with Gasteiger partial charge in [0.1, 0.15) is 0 Å². The third kappa shape index (κ3) is 2.91. The Labute approximate surface area is 108 Å². The van der Waals surface area contributed by atoms with Gasteiger partial charge in [-0.3, -0.25) is 0 Å². The summed E-state index contributed by atoms with van der Waals surface area (Å²) in [6, 6.07) is 9.79. The monoisotopic (exact) mass is 250 g/mol. The van der Waals surface area contributed by atoms with Crippen LogP contribution in [0.15, 0.2) is 30.3 Å². The molecule has 3 heteroatoms. The van der Waals surface area contributed by atoms with Crippen molar-refractivity contribution in [3.05, 3.63) is 35.9 Å². The molecule has 0 aliphatic carbocycles. The van der Waals surface area contributed by atoms with E-state index in [4.69, 9.17) is 4.74 Å². The molecule has 100 valence electrons. The van der Waals surface area contributed by atoms with Crippen molar-refractivity contribution in [1.29, 1.82) is 0 Å². The van der Waals surface area contributed by atoms with Crippen LogP contribution in [0, 0.1) is 0 Å². The second kappa shape index (κ2) is 6.32. The molecule has 18 heavy (non-hydrogen) atoms. The zero-order valence-corrected chi connectivity index (χ0v) is 10.7. The molecular weight excluding hydrogens is 228 g/mol. The minimum Gasteiger partial charge on any atom is -0.395 e. The summed E-state index contributed by atoms with van der Waals surface area (Å²) in [5.74, 6) is 0. The number of aliphatic hydroxyl groups excluding tert-OH is 2. The molecule has 1 aliphatic heterocycles. The molecule has 1 aliphatic rings. The highest BCUT2D eigenvalue weighted by Gasteiger charge is 2.32. The highest BCUT2D eigenvalue weighted by molar-refractivity contribution is 5.25. The van der Waals surface area contributed by atoms with E-state index in [9.17, 15) is 10.2 Å². The van der Waals surface area contributed by atoms with Crippen LogP contribution in [0.5, 0.6) is 0 Å². The number of hydrogen-bond acceptors (Lipinski definition) is 3. The van der Waals surface area contributed by atoms with Crippen LogP contribution in [0.25, 0.3) is 0 Å². The van der Waals surface area contributed by atoms with Gasteiger partial charge in [0, 0.05) is 12.0 Å². The highest BCUT2D eigenvalue weighted by atomic mass is 16.5. The van der Waals surface area contributed by atoms with E-state index < -0.39 is 5.41 Å². The van der Waals surface area contributed by atoms with Crippen LogP contribution < -0.4 is 0 Å². The lowest BCUT2D eigenvalue weighted by Crippen LogP contribution is -2.35. The summed E-state index contributed by atoms with van der Waals surface area (Å²) >= 11 is 0. The number of aliphatic hydroxyl groups is 2. The average molecular weight is 250 g/mol. The van der Waals surface area contributed by atoms with E-state index in [0.29, 0.717) is 6.10 Å². The first-order valence-corrected chi connectivity index (χ1v) is 6.69. The second-order valence-electron chi connectivity index (χ2n) is 5.14. The molecule has 0 saturated carbocycles. The first-order chi connectivity index (χ1) is 8.80. The van der Waals surface area contributed by atoms with Crippen molar-refractivity contribution in [1.82, 2.24) is 0 Å². The molecule has 1 aromatic carbocycles. The van der Waals surface area contributed by atoms with Crippen molar-refractivity contribution in [2.45, 2.75) is 37.2 Å². The predicted octanol–water partition coefficient (Wildman–Crippen LogP) is 1.87. The SMILES string of the molecule is OCC(CO)(CCC1CCCO1)c1ccccc1. The first kappa shape index (κ1) is 13.5. The topological polar surface area (TPSA) is 49.7 Å². The summed E-state index contributed by atoms with van der Waals surface area (Å²) in [6.07, 6.45) is 4.18. The summed E-state index contributed by atoms with van der Waals surface area (Å²) in [5, 5.41) is 19.4. The minimum atomic E-state index is -0.535. The third-order valence-electron chi connectivity index (χ3n) is 3.96. The molecule has 1 aromatic rings. The predicted molar refractivity (Wildman–Crippen MR) is 70.5 cm³/mol. The Morgan fingerprint density at radius 1 is 1.17 bits per heavy atom. The summed E-state index contributed by atoms with van der Waals surface area (Å²) < 4.78 is 5.61. The van der Waals surface area contributed by atoms with Crippen molar-refractivity contribution in [3.8, 4) is 0 Å². The van der Waals surface area contributed by atoms with Crippen molar-refractivity contribution < 1.29 is 14.9 Å². The van der Waals surface area contributed by atoms with Crippen molar-refractivity contribution >= 4 is 0 Å². The molecule has 2 rings (SSSR count). The van der Waals surface area contributed by atoms with E-state index in [1.807, 2.05) is 30.3 Å². The Balaban J connectivity index is 2.06. The fourth-order valence-electron chi connectivity index (χ4n) is 2.64. The van der Waals surface area contributed by atoms with Gasteiger partial charge in [-0.05, 0) is 31.2 Å². The van der Waals surface area contributed by atoms with Gasteiger partial charge in [0.05, 0.1) is 19.3 Å². The molecule has 2 N–H and O–H groups in total. The number of benzene rings is 1. The molecule has 1 atom stereocenters. The van der Waals surface area contributed by atoms with Crippen LogP contribution in [0.4, 0.5) is 0 Å². The van der Waals surface area contributed by atoms with Crippen LogP contribution in [-0.2, 0) is 10.2 Å². The highest BCUT2D eigenvalue weighted by Crippen LogP contribution is 2.31. The molecule has 3 nitrogen and oxygen atoms in total. The molecule has 0 bridgehead atoms. The molecule has 1 heterocycles. The fourth-order valence-corrected chi connectivity index (χ4v) is 2.64. The van der Waals surface area contributed by atoms with Gasteiger partial charge in [0.25, 0.3) is 0 Å². The van der Waals surface area contributed by atoms with Crippen LogP contribution in [0.1, 0.15) is 31.2 Å². The summed E-state index contributed by atoms with van der Waals surface area (Å²) in [4.78, 5) is 0. The van der Waals surface area contributed by atoms with Crippen molar-refractivity contribution in [3.63, 3.8) is 0 Å². The molecular formula is C15H22O3. The van der Waals surface area contributed by atoms with Crippen LogP contribution in [0.2, 0.25) is 0 Å². The van der Waals surface area contributed by atoms with E-state index in [2.05, 4.69) is 0 Å². The zero-order chi connectivity index (χ0) is 12.8. The normalized spacial score (nSPS) is 20.2.